The van der Waals surface area contributed by atoms with Gasteiger partial charge in [-0.15, -0.1) is 0 Å². The molecule has 3 aromatic rings. The van der Waals surface area contributed by atoms with Crippen LogP contribution in [0.25, 0.3) is 17.4 Å². The molecule has 0 unspecified atom stereocenters. The van der Waals surface area contributed by atoms with Crippen LogP contribution in [0.1, 0.15) is 23.0 Å². The van der Waals surface area contributed by atoms with Crippen LogP contribution in [-0.4, -0.2) is 39.4 Å². The van der Waals surface area contributed by atoms with Crippen LogP contribution in [0.3, 0.4) is 0 Å². The zero-order valence-electron chi connectivity index (χ0n) is 17.6. The van der Waals surface area contributed by atoms with Crippen molar-refractivity contribution in [2.75, 3.05) is 11.4 Å². The lowest BCUT2D eigenvalue weighted by Gasteiger charge is -2.35. The number of anilines is 1. The van der Waals surface area contributed by atoms with Gasteiger partial charge in [-0.05, 0) is 79.8 Å². The monoisotopic (exact) mass is 514 g/mol. The van der Waals surface area contributed by atoms with Crippen molar-refractivity contribution in [2.45, 2.75) is 6.92 Å². The molecule has 1 fully saturated rings. The number of amides is 2. The number of carboxylic acid groups (broad SMARTS) is 1. The number of halogens is 2. The van der Waals surface area contributed by atoms with Gasteiger partial charge in [0.15, 0.2) is 5.11 Å². The number of carboxylic acids is 1. The third kappa shape index (κ3) is 4.35. The fourth-order valence-electron chi connectivity index (χ4n) is 3.44. The fraction of sp³-hybridized carbons (Fsp3) is 0.0833. The van der Waals surface area contributed by atoms with E-state index in [9.17, 15) is 19.5 Å². The van der Waals surface area contributed by atoms with Crippen molar-refractivity contribution in [1.29, 1.82) is 0 Å². The number of carbonyl (C=O) groups excluding carboxylic acids is 2. The van der Waals surface area contributed by atoms with Crippen molar-refractivity contribution in [3.8, 4) is 11.3 Å². The molecule has 0 spiro atoms. The van der Waals surface area contributed by atoms with Crippen molar-refractivity contribution in [3.63, 3.8) is 0 Å². The van der Waals surface area contributed by atoms with E-state index in [4.69, 9.17) is 39.8 Å². The van der Waals surface area contributed by atoms with Crippen molar-refractivity contribution in [2.24, 2.45) is 0 Å². The van der Waals surface area contributed by atoms with E-state index in [1.807, 2.05) is 0 Å². The number of rotatable bonds is 5. The van der Waals surface area contributed by atoms with Gasteiger partial charge in [-0.1, -0.05) is 23.2 Å². The second-order valence-electron chi connectivity index (χ2n) is 7.21. The molecule has 2 heterocycles. The number of hydrogen-bond acceptors (Lipinski definition) is 5. The van der Waals surface area contributed by atoms with Crippen molar-refractivity contribution < 1.29 is 23.9 Å². The quantitative estimate of drug-likeness (QED) is 0.274. The number of thiocarbonyl (C=S) groups is 1. The molecular formula is C24H16Cl2N2O5S. The highest BCUT2D eigenvalue weighted by atomic mass is 35.5. The maximum Gasteiger partial charge on any atom is 0.335 e. The zero-order chi connectivity index (χ0) is 24.6. The Hall–Kier alpha value is -3.46. The minimum Gasteiger partial charge on any atom is -0.478 e. The first-order valence-corrected chi connectivity index (χ1v) is 11.2. The number of benzene rings is 2. The molecule has 172 valence electrons. The van der Waals surface area contributed by atoms with Crippen molar-refractivity contribution >= 4 is 70.1 Å². The highest BCUT2D eigenvalue weighted by Crippen LogP contribution is 2.32. The average molecular weight is 515 g/mol. The Kier molecular flexibility index (Phi) is 6.56. The summed E-state index contributed by atoms with van der Waals surface area (Å²) >= 11 is 17.6. The van der Waals surface area contributed by atoms with Crippen LogP contribution >= 0.6 is 35.4 Å². The van der Waals surface area contributed by atoms with E-state index in [-0.39, 0.29) is 34.3 Å². The van der Waals surface area contributed by atoms with Gasteiger partial charge in [0.2, 0.25) is 0 Å². The molecule has 4 rings (SSSR count). The van der Waals surface area contributed by atoms with Gasteiger partial charge in [0.25, 0.3) is 11.8 Å². The SMILES string of the molecule is CCN1C(=O)/C(=C\c2ccc(-c3cc(C(=O)O)ccc3Cl)o2)C(=O)N(c2ccc(Cl)cc2)C1=S. The van der Waals surface area contributed by atoms with Crippen LogP contribution in [0.5, 0.6) is 0 Å². The van der Waals surface area contributed by atoms with Gasteiger partial charge in [0.1, 0.15) is 17.1 Å². The Balaban J connectivity index is 1.74. The highest BCUT2D eigenvalue weighted by molar-refractivity contribution is 7.80. The molecule has 1 aromatic heterocycles. The maximum absolute atomic E-state index is 13.3. The Bertz CT molecular complexity index is 1360. The molecule has 7 nitrogen and oxygen atoms in total. The Morgan fingerprint density at radius 3 is 2.41 bits per heavy atom. The van der Waals surface area contributed by atoms with E-state index >= 15 is 0 Å². The van der Waals surface area contributed by atoms with E-state index < -0.39 is 17.8 Å². The van der Waals surface area contributed by atoms with E-state index in [0.29, 0.717) is 21.3 Å². The van der Waals surface area contributed by atoms with Gasteiger partial charge in [-0.25, -0.2) is 4.79 Å². The van der Waals surface area contributed by atoms with Crippen LogP contribution in [0, 0.1) is 0 Å². The Labute approximate surface area is 209 Å². The van der Waals surface area contributed by atoms with E-state index in [1.54, 1.807) is 43.3 Å². The Morgan fingerprint density at radius 1 is 1.06 bits per heavy atom. The topological polar surface area (TPSA) is 91.1 Å². The fourth-order valence-corrected chi connectivity index (χ4v) is 4.17. The van der Waals surface area contributed by atoms with Crippen LogP contribution in [0.15, 0.2) is 64.6 Å². The summed E-state index contributed by atoms with van der Waals surface area (Å²) in [4.78, 5) is 40.2. The summed E-state index contributed by atoms with van der Waals surface area (Å²) in [6.07, 6.45) is 1.33. The maximum atomic E-state index is 13.3. The van der Waals surface area contributed by atoms with E-state index in [1.165, 1.54) is 34.1 Å². The lowest BCUT2D eigenvalue weighted by Crippen LogP contribution is -2.56. The van der Waals surface area contributed by atoms with E-state index in [0.717, 1.165) is 0 Å². The molecule has 0 radical (unpaired) electrons. The molecule has 34 heavy (non-hydrogen) atoms. The lowest BCUT2D eigenvalue weighted by atomic mass is 10.1. The largest absolute Gasteiger partial charge is 0.478 e. The van der Waals surface area contributed by atoms with Gasteiger partial charge in [0.05, 0.1) is 16.3 Å². The smallest absolute Gasteiger partial charge is 0.335 e. The molecule has 1 aliphatic heterocycles. The molecule has 0 bridgehead atoms. The summed E-state index contributed by atoms with van der Waals surface area (Å²) in [5.74, 6) is -1.77. The van der Waals surface area contributed by atoms with Crippen LogP contribution in [0.2, 0.25) is 10.0 Å². The summed E-state index contributed by atoms with van der Waals surface area (Å²) < 4.78 is 5.79. The molecule has 10 heteroatoms. The summed E-state index contributed by atoms with van der Waals surface area (Å²) in [6, 6.07) is 13.9. The Morgan fingerprint density at radius 2 is 1.76 bits per heavy atom. The molecule has 0 aliphatic carbocycles. The molecule has 2 aromatic carbocycles. The second-order valence-corrected chi connectivity index (χ2v) is 8.42. The molecule has 1 aliphatic rings. The molecular weight excluding hydrogens is 499 g/mol. The van der Waals surface area contributed by atoms with Crippen LogP contribution < -0.4 is 4.90 Å². The predicted octanol–water partition coefficient (Wildman–Crippen LogP) is 5.52. The molecule has 1 saturated heterocycles. The van der Waals surface area contributed by atoms with Crippen molar-refractivity contribution in [1.82, 2.24) is 4.90 Å². The van der Waals surface area contributed by atoms with Gasteiger partial charge < -0.3 is 9.52 Å². The standard InChI is InChI=1S/C24H16Cl2N2O5S/c1-2-27-21(29)18(22(30)28(24(27)34)15-6-4-14(25)5-7-15)12-16-8-10-20(33-16)17-11-13(23(31)32)3-9-19(17)26/h3-12H,2H2,1H3,(H,31,32)/b18-12+. The second kappa shape index (κ2) is 9.42. The summed E-state index contributed by atoms with van der Waals surface area (Å²) in [5.41, 5.74) is 0.732. The molecule has 2 amide bonds. The molecule has 1 N–H and O–H groups in total. The number of hydrogen-bond donors (Lipinski definition) is 1. The third-order valence-corrected chi connectivity index (χ3v) is 6.11. The minimum atomic E-state index is -1.11. The first-order chi connectivity index (χ1) is 16.2. The summed E-state index contributed by atoms with van der Waals surface area (Å²) in [5, 5.41) is 10.1. The normalized spacial score (nSPS) is 15.4. The summed E-state index contributed by atoms with van der Waals surface area (Å²) in [7, 11) is 0. The zero-order valence-corrected chi connectivity index (χ0v) is 19.9. The van der Waals surface area contributed by atoms with Crippen molar-refractivity contribution in [3.05, 3.63) is 81.5 Å². The number of aromatic carboxylic acids is 1. The minimum absolute atomic E-state index is 0.0408. The molecule has 0 saturated carbocycles. The van der Waals surface area contributed by atoms with Gasteiger partial charge in [-0.3, -0.25) is 19.4 Å². The lowest BCUT2D eigenvalue weighted by molar-refractivity contribution is -0.127. The number of furan rings is 1. The first kappa shape index (κ1) is 23.7. The third-order valence-electron chi connectivity index (χ3n) is 5.12. The number of likely N-dealkylation sites (N-methyl/N-ethyl adjacent to an activating group) is 1. The predicted molar refractivity (Wildman–Crippen MR) is 133 cm³/mol. The first-order valence-electron chi connectivity index (χ1n) is 10.0. The van der Waals surface area contributed by atoms with Crippen LogP contribution in [0.4, 0.5) is 5.69 Å². The van der Waals surface area contributed by atoms with Gasteiger partial charge in [-0.2, -0.15) is 0 Å². The van der Waals surface area contributed by atoms with Gasteiger partial charge >= 0.3 is 5.97 Å². The summed E-state index contributed by atoms with van der Waals surface area (Å²) in [6.45, 7) is 2.01. The number of carbonyl (C=O) groups is 3. The van der Waals surface area contributed by atoms with Crippen LogP contribution in [-0.2, 0) is 9.59 Å². The van der Waals surface area contributed by atoms with Gasteiger partial charge in [0, 0.05) is 17.1 Å². The van der Waals surface area contributed by atoms with E-state index in [2.05, 4.69) is 0 Å². The number of nitrogens with zero attached hydrogens (tertiary/aromatic N) is 2. The molecule has 0 atom stereocenters. The average Bonchev–Trinajstić information content (AvgIpc) is 3.27. The highest BCUT2D eigenvalue weighted by Gasteiger charge is 2.39.